The van der Waals surface area contributed by atoms with Gasteiger partial charge in [0.15, 0.2) is 5.43 Å². The zero-order valence-corrected chi connectivity index (χ0v) is 15.9. The maximum atomic E-state index is 12.8. The maximum Gasteiger partial charge on any atom is 0.215 e. The predicted octanol–water partition coefficient (Wildman–Crippen LogP) is 4.92. The number of aromatic nitrogens is 2. The Morgan fingerprint density at radius 1 is 1.00 bits per heavy atom. The molecule has 2 heterocycles. The van der Waals surface area contributed by atoms with Crippen molar-refractivity contribution in [1.82, 2.24) is 9.55 Å². The Balaban J connectivity index is 1.68. The minimum atomic E-state index is -0.0770. The van der Waals surface area contributed by atoms with E-state index in [1.54, 1.807) is 12.3 Å². The number of nitrogens with zero attached hydrogens (tertiary/aromatic N) is 2. The molecule has 0 unspecified atom stereocenters. The fourth-order valence-electron chi connectivity index (χ4n) is 3.38. The molecule has 4 aromatic rings. The summed E-state index contributed by atoms with van der Waals surface area (Å²) < 4.78 is 7.92. The average molecular weight is 383 g/mol. The SMILES string of the molecule is O=c1cc(Nc2ccccc2)n(-c2ccccc2)c2cc(OCC3CC3)ncc12. The largest absolute Gasteiger partial charge is 0.477 e. The fourth-order valence-corrected chi connectivity index (χ4v) is 3.38. The Kier molecular flexibility index (Phi) is 4.48. The number of fused-ring (bicyclic) bond motifs is 1. The highest BCUT2D eigenvalue weighted by molar-refractivity contribution is 5.84. The van der Waals surface area contributed by atoms with Crippen molar-refractivity contribution < 1.29 is 4.74 Å². The molecule has 1 aliphatic carbocycles. The van der Waals surface area contributed by atoms with Crippen molar-refractivity contribution in [3.8, 4) is 11.6 Å². The molecular weight excluding hydrogens is 362 g/mol. The van der Waals surface area contributed by atoms with Gasteiger partial charge in [0.25, 0.3) is 0 Å². The number of para-hydroxylation sites is 2. The fraction of sp³-hybridized carbons (Fsp3) is 0.167. The van der Waals surface area contributed by atoms with Crippen LogP contribution in [0.25, 0.3) is 16.6 Å². The number of benzene rings is 2. The van der Waals surface area contributed by atoms with Crippen molar-refractivity contribution in [1.29, 1.82) is 0 Å². The normalized spacial score (nSPS) is 13.4. The van der Waals surface area contributed by atoms with Crippen LogP contribution >= 0.6 is 0 Å². The molecule has 1 aliphatic rings. The van der Waals surface area contributed by atoms with Gasteiger partial charge in [-0.05, 0) is 43.0 Å². The van der Waals surface area contributed by atoms with E-state index in [0.717, 1.165) is 16.9 Å². The highest BCUT2D eigenvalue weighted by atomic mass is 16.5. The molecule has 2 aromatic heterocycles. The Morgan fingerprint density at radius 2 is 1.72 bits per heavy atom. The van der Waals surface area contributed by atoms with Gasteiger partial charge >= 0.3 is 0 Å². The Labute approximate surface area is 168 Å². The lowest BCUT2D eigenvalue weighted by Crippen LogP contribution is -2.13. The summed E-state index contributed by atoms with van der Waals surface area (Å²) in [5.74, 6) is 1.87. The van der Waals surface area contributed by atoms with Crippen molar-refractivity contribution in [2.24, 2.45) is 5.92 Å². The standard InChI is InChI=1S/C24H21N3O2/c28-22-14-23(26-18-7-3-1-4-8-18)27(19-9-5-2-6-10-19)21-13-24(25-15-20(21)22)29-16-17-11-12-17/h1-10,13-15,17,26H,11-12,16H2. The zero-order valence-electron chi connectivity index (χ0n) is 15.9. The summed E-state index contributed by atoms with van der Waals surface area (Å²) >= 11 is 0. The van der Waals surface area contributed by atoms with Crippen molar-refractivity contribution in [2.45, 2.75) is 12.8 Å². The monoisotopic (exact) mass is 383 g/mol. The van der Waals surface area contributed by atoms with Gasteiger partial charge in [-0.25, -0.2) is 4.98 Å². The van der Waals surface area contributed by atoms with Gasteiger partial charge in [0.2, 0.25) is 5.88 Å². The van der Waals surface area contributed by atoms with Crippen LogP contribution in [-0.4, -0.2) is 16.2 Å². The third-order valence-corrected chi connectivity index (χ3v) is 5.10. The van der Waals surface area contributed by atoms with Gasteiger partial charge in [-0.2, -0.15) is 0 Å². The molecule has 2 aromatic carbocycles. The third kappa shape index (κ3) is 3.72. The van der Waals surface area contributed by atoms with Crippen LogP contribution in [0.4, 0.5) is 11.5 Å². The van der Waals surface area contributed by atoms with Crippen LogP contribution in [-0.2, 0) is 0 Å². The first-order valence-corrected chi connectivity index (χ1v) is 9.84. The molecule has 29 heavy (non-hydrogen) atoms. The summed E-state index contributed by atoms with van der Waals surface area (Å²) in [7, 11) is 0. The van der Waals surface area contributed by atoms with Crippen LogP contribution in [0.2, 0.25) is 0 Å². The van der Waals surface area contributed by atoms with E-state index < -0.39 is 0 Å². The summed E-state index contributed by atoms with van der Waals surface area (Å²) in [6.45, 7) is 0.677. The molecule has 5 heteroatoms. The van der Waals surface area contributed by atoms with Gasteiger partial charge in [-0.15, -0.1) is 0 Å². The molecule has 0 amide bonds. The van der Waals surface area contributed by atoms with Crippen molar-refractivity contribution >= 4 is 22.4 Å². The second kappa shape index (κ2) is 7.43. The number of pyridine rings is 2. The van der Waals surface area contributed by atoms with Crippen molar-refractivity contribution in [2.75, 3.05) is 11.9 Å². The smallest absolute Gasteiger partial charge is 0.215 e. The molecule has 5 rings (SSSR count). The summed E-state index contributed by atoms with van der Waals surface area (Å²) in [5.41, 5.74) is 2.56. The van der Waals surface area contributed by atoms with Crippen LogP contribution in [0.1, 0.15) is 12.8 Å². The van der Waals surface area contributed by atoms with Crippen LogP contribution < -0.4 is 15.5 Å². The summed E-state index contributed by atoms with van der Waals surface area (Å²) in [6, 6.07) is 23.3. The number of rotatable bonds is 6. The first-order chi connectivity index (χ1) is 14.3. The molecule has 0 aliphatic heterocycles. The van der Waals surface area contributed by atoms with Gasteiger partial charge in [0.05, 0.1) is 17.5 Å². The molecule has 5 nitrogen and oxygen atoms in total. The molecule has 0 atom stereocenters. The molecule has 0 saturated heterocycles. The molecular formula is C24H21N3O2. The second-order valence-corrected chi connectivity index (χ2v) is 7.35. The lowest BCUT2D eigenvalue weighted by atomic mass is 10.2. The quantitative estimate of drug-likeness (QED) is 0.514. The number of hydrogen-bond acceptors (Lipinski definition) is 4. The van der Waals surface area contributed by atoms with E-state index in [1.165, 1.54) is 12.8 Å². The number of hydrogen-bond donors (Lipinski definition) is 1. The highest BCUT2D eigenvalue weighted by Crippen LogP contribution is 2.30. The van der Waals surface area contributed by atoms with Gasteiger partial charge in [-0.1, -0.05) is 36.4 Å². The first-order valence-electron chi connectivity index (χ1n) is 9.84. The molecule has 0 bridgehead atoms. The van der Waals surface area contributed by atoms with Crippen LogP contribution in [0.15, 0.2) is 83.8 Å². The first kappa shape index (κ1) is 17.5. The van der Waals surface area contributed by atoms with E-state index >= 15 is 0 Å². The van der Waals surface area contributed by atoms with Gasteiger partial charge in [0, 0.05) is 29.7 Å². The molecule has 144 valence electrons. The molecule has 0 spiro atoms. The highest BCUT2D eigenvalue weighted by Gasteiger charge is 2.22. The number of ether oxygens (including phenoxy) is 1. The third-order valence-electron chi connectivity index (χ3n) is 5.10. The van der Waals surface area contributed by atoms with Gasteiger partial charge in [0.1, 0.15) is 5.82 Å². The summed E-state index contributed by atoms with van der Waals surface area (Å²) in [5, 5.41) is 3.95. The molecule has 1 saturated carbocycles. The van der Waals surface area contributed by atoms with Gasteiger partial charge in [-0.3, -0.25) is 9.36 Å². The lowest BCUT2D eigenvalue weighted by Gasteiger charge is -2.18. The maximum absolute atomic E-state index is 12.8. The second-order valence-electron chi connectivity index (χ2n) is 7.35. The zero-order chi connectivity index (χ0) is 19.6. The number of anilines is 2. The van der Waals surface area contributed by atoms with E-state index in [1.807, 2.05) is 71.3 Å². The molecule has 1 fully saturated rings. The van der Waals surface area contributed by atoms with E-state index in [-0.39, 0.29) is 5.43 Å². The topological polar surface area (TPSA) is 56.2 Å². The van der Waals surface area contributed by atoms with E-state index in [2.05, 4.69) is 10.3 Å². The molecule has 0 radical (unpaired) electrons. The Morgan fingerprint density at radius 3 is 2.45 bits per heavy atom. The van der Waals surface area contributed by atoms with Crippen LogP contribution in [0.5, 0.6) is 5.88 Å². The Bertz CT molecular complexity index is 1200. The number of nitrogens with one attached hydrogen (secondary N) is 1. The van der Waals surface area contributed by atoms with Crippen molar-refractivity contribution in [3.63, 3.8) is 0 Å². The minimum Gasteiger partial charge on any atom is -0.477 e. The lowest BCUT2D eigenvalue weighted by molar-refractivity contribution is 0.289. The van der Waals surface area contributed by atoms with E-state index in [9.17, 15) is 4.79 Å². The van der Waals surface area contributed by atoms with E-state index in [0.29, 0.717) is 29.6 Å². The summed E-state index contributed by atoms with van der Waals surface area (Å²) in [6.07, 6.45) is 4.05. The van der Waals surface area contributed by atoms with Crippen LogP contribution in [0.3, 0.4) is 0 Å². The van der Waals surface area contributed by atoms with E-state index in [4.69, 9.17) is 4.74 Å². The minimum absolute atomic E-state index is 0.0770. The van der Waals surface area contributed by atoms with Gasteiger partial charge < -0.3 is 10.1 Å². The Hall–Kier alpha value is -3.60. The van der Waals surface area contributed by atoms with Crippen LogP contribution in [0, 0.1) is 5.92 Å². The predicted molar refractivity (Wildman–Crippen MR) is 115 cm³/mol. The average Bonchev–Trinajstić information content (AvgIpc) is 3.58. The summed E-state index contributed by atoms with van der Waals surface area (Å²) in [4.78, 5) is 17.2. The molecule has 1 N–H and O–H groups in total. The van der Waals surface area contributed by atoms with Crippen molar-refractivity contribution in [3.05, 3.63) is 89.2 Å².